The molecule has 3 rings (SSSR count). The lowest BCUT2D eigenvalue weighted by Crippen LogP contribution is -2.50. The molecule has 1 fully saturated rings. The summed E-state index contributed by atoms with van der Waals surface area (Å²) in [6.45, 7) is 5.51. The summed E-state index contributed by atoms with van der Waals surface area (Å²) >= 11 is 0. The Bertz CT molecular complexity index is 712. The monoisotopic (exact) mass is 354 g/mol. The Morgan fingerprint density at radius 3 is 2.50 bits per heavy atom. The molecule has 0 bridgehead atoms. The van der Waals surface area contributed by atoms with Crippen LogP contribution in [0.4, 0.5) is 0 Å². The number of nitrogens with zero attached hydrogens (tertiary/aromatic N) is 2. The SMILES string of the molecule is Cc1cccc(OCC(=O)N2CCN(C[C@@H](O)c3ccccc3)CC2)c1. The van der Waals surface area contributed by atoms with Crippen molar-refractivity contribution in [3.8, 4) is 5.75 Å². The molecule has 1 heterocycles. The number of hydrogen-bond acceptors (Lipinski definition) is 4. The molecular weight excluding hydrogens is 328 g/mol. The third kappa shape index (κ3) is 5.07. The van der Waals surface area contributed by atoms with Crippen LogP contribution in [0.5, 0.6) is 5.75 Å². The fraction of sp³-hybridized carbons (Fsp3) is 0.381. The number of benzene rings is 2. The quantitative estimate of drug-likeness (QED) is 0.865. The minimum absolute atomic E-state index is 0.00904. The van der Waals surface area contributed by atoms with Gasteiger partial charge in [0.15, 0.2) is 6.61 Å². The number of aryl methyl sites for hydroxylation is 1. The summed E-state index contributed by atoms with van der Waals surface area (Å²) in [6, 6.07) is 17.4. The molecule has 5 nitrogen and oxygen atoms in total. The van der Waals surface area contributed by atoms with Gasteiger partial charge in [-0.1, -0.05) is 42.5 Å². The Labute approximate surface area is 154 Å². The smallest absolute Gasteiger partial charge is 0.260 e. The van der Waals surface area contributed by atoms with Gasteiger partial charge in [-0.3, -0.25) is 9.69 Å². The molecule has 1 amide bonds. The van der Waals surface area contributed by atoms with Crippen molar-refractivity contribution in [1.29, 1.82) is 0 Å². The number of aliphatic hydroxyl groups is 1. The number of carbonyl (C=O) groups is 1. The second kappa shape index (κ2) is 8.83. The van der Waals surface area contributed by atoms with E-state index in [1.54, 1.807) is 0 Å². The summed E-state index contributed by atoms with van der Waals surface area (Å²) < 4.78 is 5.61. The zero-order chi connectivity index (χ0) is 18.4. The zero-order valence-corrected chi connectivity index (χ0v) is 15.2. The van der Waals surface area contributed by atoms with Gasteiger partial charge >= 0.3 is 0 Å². The van der Waals surface area contributed by atoms with E-state index < -0.39 is 6.10 Å². The molecule has 0 saturated carbocycles. The topological polar surface area (TPSA) is 53.0 Å². The van der Waals surface area contributed by atoms with Crippen molar-refractivity contribution in [2.75, 3.05) is 39.3 Å². The number of aliphatic hydroxyl groups excluding tert-OH is 1. The van der Waals surface area contributed by atoms with Crippen molar-refractivity contribution in [3.05, 3.63) is 65.7 Å². The molecule has 2 aromatic carbocycles. The third-order valence-electron chi connectivity index (χ3n) is 4.69. The molecule has 138 valence electrons. The van der Waals surface area contributed by atoms with Crippen LogP contribution in [0.1, 0.15) is 17.2 Å². The Morgan fingerprint density at radius 1 is 1.08 bits per heavy atom. The van der Waals surface area contributed by atoms with E-state index in [1.807, 2.05) is 66.4 Å². The number of β-amino-alcohol motifs (C(OH)–C–C–N with tert-alkyl or cyclic N) is 1. The van der Waals surface area contributed by atoms with E-state index in [1.165, 1.54) is 0 Å². The molecule has 1 aliphatic rings. The molecule has 5 heteroatoms. The Morgan fingerprint density at radius 2 is 1.81 bits per heavy atom. The normalized spacial score (nSPS) is 16.3. The van der Waals surface area contributed by atoms with Gasteiger partial charge in [-0.15, -0.1) is 0 Å². The molecule has 1 saturated heterocycles. The lowest BCUT2D eigenvalue weighted by Gasteiger charge is -2.35. The zero-order valence-electron chi connectivity index (χ0n) is 15.2. The van der Waals surface area contributed by atoms with Crippen LogP contribution >= 0.6 is 0 Å². The highest BCUT2D eigenvalue weighted by Gasteiger charge is 2.23. The van der Waals surface area contributed by atoms with Crippen molar-refractivity contribution < 1.29 is 14.6 Å². The van der Waals surface area contributed by atoms with E-state index in [0.717, 1.165) is 30.0 Å². The maximum absolute atomic E-state index is 12.3. The first-order valence-electron chi connectivity index (χ1n) is 9.04. The van der Waals surface area contributed by atoms with Crippen LogP contribution in [-0.2, 0) is 4.79 Å². The van der Waals surface area contributed by atoms with E-state index in [2.05, 4.69) is 4.90 Å². The first kappa shape index (κ1) is 18.4. The van der Waals surface area contributed by atoms with E-state index in [0.29, 0.717) is 19.6 Å². The molecule has 0 unspecified atom stereocenters. The number of piperazine rings is 1. The van der Waals surface area contributed by atoms with Crippen LogP contribution in [0.15, 0.2) is 54.6 Å². The second-order valence-electron chi connectivity index (χ2n) is 6.71. The van der Waals surface area contributed by atoms with Crippen molar-refractivity contribution in [2.45, 2.75) is 13.0 Å². The average Bonchev–Trinajstić information content (AvgIpc) is 2.67. The van der Waals surface area contributed by atoms with E-state index >= 15 is 0 Å². The van der Waals surface area contributed by atoms with E-state index in [4.69, 9.17) is 4.74 Å². The first-order valence-corrected chi connectivity index (χ1v) is 9.04. The lowest BCUT2D eigenvalue weighted by atomic mass is 10.1. The molecule has 0 radical (unpaired) electrons. The molecule has 0 aliphatic carbocycles. The summed E-state index contributed by atoms with van der Waals surface area (Å²) in [6.07, 6.45) is -0.497. The van der Waals surface area contributed by atoms with E-state index in [9.17, 15) is 9.90 Å². The molecule has 0 spiro atoms. The van der Waals surface area contributed by atoms with Gasteiger partial charge in [0, 0.05) is 32.7 Å². The molecule has 26 heavy (non-hydrogen) atoms. The van der Waals surface area contributed by atoms with Gasteiger partial charge in [0.1, 0.15) is 5.75 Å². The van der Waals surface area contributed by atoms with Crippen molar-refractivity contribution in [2.24, 2.45) is 0 Å². The van der Waals surface area contributed by atoms with Crippen LogP contribution in [0.25, 0.3) is 0 Å². The second-order valence-corrected chi connectivity index (χ2v) is 6.71. The van der Waals surface area contributed by atoms with Crippen LogP contribution in [0.2, 0.25) is 0 Å². The van der Waals surface area contributed by atoms with Gasteiger partial charge in [-0.05, 0) is 30.2 Å². The maximum Gasteiger partial charge on any atom is 0.260 e. The Balaban J connectivity index is 1.42. The van der Waals surface area contributed by atoms with Gasteiger partial charge in [-0.2, -0.15) is 0 Å². The first-order chi connectivity index (χ1) is 12.6. The molecule has 1 aliphatic heterocycles. The van der Waals surface area contributed by atoms with Gasteiger partial charge < -0.3 is 14.7 Å². The minimum atomic E-state index is -0.497. The Hall–Kier alpha value is -2.37. The average molecular weight is 354 g/mol. The highest BCUT2D eigenvalue weighted by molar-refractivity contribution is 5.77. The van der Waals surface area contributed by atoms with E-state index in [-0.39, 0.29) is 12.5 Å². The standard InChI is InChI=1S/C21H26N2O3/c1-17-6-5-9-19(14-17)26-16-21(25)23-12-10-22(11-13-23)15-20(24)18-7-3-2-4-8-18/h2-9,14,20,24H,10-13,15-16H2,1H3/t20-/m1/s1. The van der Waals surface area contributed by atoms with Gasteiger partial charge in [-0.25, -0.2) is 0 Å². The van der Waals surface area contributed by atoms with Crippen molar-refractivity contribution in [3.63, 3.8) is 0 Å². The van der Waals surface area contributed by atoms with Gasteiger partial charge in [0.25, 0.3) is 5.91 Å². The number of carbonyl (C=O) groups excluding carboxylic acids is 1. The number of amides is 1. The molecule has 1 atom stereocenters. The van der Waals surface area contributed by atoms with Gasteiger partial charge in [0.05, 0.1) is 6.10 Å². The van der Waals surface area contributed by atoms with Crippen LogP contribution in [-0.4, -0.2) is 60.1 Å². The molecule has 1 N–H and O–H groups in total. The predicted octanol–water partition coefficient (Wildman–Crippen LogP) is 2.25. The highest BCUT2D eigenvalue weighted by Crippen LogP contribution is 2.16. The molecule has 2 aromatic rings. The fourth-order valence-corrected chi connectivity index (χ4v) is 3.15. The number of ether oxygens (including phenoxy) is 1. The molecular formula is C21H26N2O3. The summed E-state index contributed by atoms with van der Waals surface area (Å²) in [4.78, 5) is 16.4. The minimum Gasteiger partial charge on any atom is -0.484 e. The van der Waals surface area contributed by atoms with Crippen LogP contribution in [0.3, 0.4) is 0 Å². The summed E-state index contributed by atoms with van der Waals surface area (Å²) in [5.41, 5.74) is 2.04. The lowest BCUT2D eigenvalue weighted by molar-refractivity contribution is -0.135. The van der Waals surface area contributed by atoms with Crippen molar-refractivity contribution >= 4 is 5.91 Å². The maximum atomic E-state index is 12.3. The number of hydrogen-bond donors (Lipinski definition) is 1. The fourth-order valence-electron chi connectivity index (χ4n) is 3.15. The third-order valence-corrected chi connectivity index (χ3v) is 4.69. The Kier molecular flexibility index (Phi) is 6.26. The van der Waals surface area contributed by atoms with Crippen LogP contribution in [0, 0.1) is 6.92 Å². The van der Waals surface area contributed by atoms with Gasteiger partial charge in [0.2, 0.25) is 0 Å². The molecule has 0 aromatic heterocycles. The number of rotatable bonds is 6. The predicted molar refractivity (Wildman–Crippen MR) is 101 cm³/mol. The largest absolute Gasteiger partial charge is 0.484 e. The van der Waals surface area contributed by atoms with Crippen molar-refractivity contribution in [1.82, 2.24) is 9.80 Å². The summed E-state index contributed by atoms with van der Waals surface area (Å²) in [5, 5.41) is 10.3. The van der Waals surface area contributed by atoms with Crippen LogP contribution < -0.4 is 4.74 Å². The summed E-state index contributed by atoms with van der Waals surface area (Å²) in [5.74, 6) is 0.734. The summed E-state index contributed by atoms with van der Waals surface area (Å²) in [7, 11) is 0. The highest BCUT2D eigenvalue weighted by atomic mass is 16.5.